The minimum absolute atomic E-state index is 0.574. The minimum atomic E-state index is -1.32. The molecule has 0 radical (unpaired) electrons. The summed E-state index contributed by atoms with van der Waals surface area (Å²) in [5, 5.41) is 2.77. The molecule has 1 amide bonds. The molecular weight excluding hydrogens is 198 g/mol. The molecule has 6 nitrogen and oxygen atoms in total. The molecule has 74 valence electrons. The number of amides is 1. The maximum Gasteiger partial charge on any atom is 0.374 e. The number of hydrogen-bond donors (Lipinski definition) is 0. The van der Waals surface area contributed by atoms with Gasteiger partial charge in [-0.1, -0.05) is 0 Å². The van der Waals surface area contributed by atoms with E-state index in [0.717, 1.165) is 4.57 Å². The zero-order valence-electron chi connectivity index (χ0n) is 7.45. The first-order valence-electron chi connectivity index (χ1n) is 4.07. The van der Waals surface area contributed by atoms with Gasteiger partial charge in [0.15, 0.2) is 0 Å². The monoisotopic (exact) mass is 203 g/mol. The van der Waals surface area contributed by atoms with Gasteiger partial charge in [-0.2, -0.15) is 0 Å². The molecule has 0 saturated heterocycles. The van der Waals surface area contributed by atoms with Crippen LogP contribution in [0.2, 0.25) is 0 Å². The van der Waals surface area contributed by atoms with Crippen molar-refractivity contribution >= 4 is 22.7 Å². The summed E-state index contributed by atoms with van der Waals surface area (Å²) < 4.78 is 1.00. The summed E-state index contributed by atoms with van der Waals surface area (Å²) in [6.45, 7) is 0. The molecule has 0 N–H and O–H groups in total. The Bertz CT molecular complexity index is 525. The molecule has 0 aliphatic carbocycles. The van der Waals surface area contributed by atoms with E-state index >= 15 is 0 Å². The lowest BCUT2D eigenvalue weighted by Crippen LogP contribution is -2.17. The van der Waals surface area contributed by atoms with Crippen LogP contribution >= 0.6 is 0 Å². The maximum atomic E-state index is 11.2. The summed E-state index contributed by atoms with van der Waals surface area (Å²) in [7, 11) is 0. The van der Waals surface area contributed by atoms with E-state index in [4.69, 9.17) is 0 Å². The molecule has 0 fully saturated rings. The molecule has 0 aliphatic rings. The van der Waals surface area contributed by atoms with Gasteiger partial charge < -0.3 is 0 Å². The van der Waals surface area contributed by atoms with Crippen molar-refractivity contribution < 1.29 is 9.59 Å². The van der Waals surface area contributed by atoms with Crippen LogP contribution in [0.4, 0.5) is 0 Å². The Labute approximate surface area is 83.5 Å². The fourth-order valence-corrected chi connectivity index (χ4v) is 1.23. The predicted octanol–water partition coefficient (Wildman–Crippen LogP) is 0.969. The molecule has 2 heterocycles. The van der Waals surface area contributed by atoms with Crippen LogP contribution in [-0.4, -0.2) is 21.4 Å². The number of pyridine rings is 1. The maximum absolute atomic E-state index is 11.2. The van der Waals surface area contributed by atoms with Gasteiger partial charge in [0, 0.05) is 29.2 Å². The van der Waals surface area contributed by atoms with Crippen LogP contribution in [0.15, 0.2) is 35.9 Å². The highest BCUT2D eigenvalue weighted by molar-refractivity contribution is 6.36. The number of nitroso groups, excluding NO2 is 1. The van der Waals surface area contributed by atoms with E-state index in [-0.39, 0.29) is 0 Å². The van der Waals surface area contributed by atoms with Crippen LogP contribution in [0.25, 0.3) is 10.9 Å². The van der Waals surface area contributed by atoms with Crippen molar-refractivity contribution in [3.05, 3.63) is 35.6 Å². The number of hydrogen-bond acceptors (Lipinski definition) is 4. The van der Waals surface area contributed by atoms with Crippen molar-refractivity contribution in [3.8, 4) is 0 Å². The van der Waals surface area contributed by atoms with E-state index in [1.807, 2.05) is 0 Å². The van der Waals surface area contributed by atoms with Crippen molar-refractivity contribution in [2.45, 2.75) is 0 Å². The zero-order chi connectivity index (χ0) is 10.8. The number of rotatable bonds is 0. The second-order valence-electron chi connectivity index (χ2n) is 2.84. The molecule has 0 aliphatic heterocycles. The zero-order valence-corrected chi connectivity index (χ0v) is 7.45. The number of aromatic nitrogens is 2. The second kappa shape index (κ2) is 3.41. The average Bonchev–Trinajstić information content (AvgIpc) is 2.70. The Morgan fingerprint density at radius 2 is 2.13 bits per heavy atom. The molecule has 0 atom stereocenters. The smallest absolute Gasteiger partial charge is 0.283 e. The Morgan fingerprint density at radius 3 is 2.80 bits per heavy atom. The topological polar surface area (TPSA) is 81.4 Å². The van der Waals surface area contributed by atoms with Crippen LogP contribution in [0, 0.1) is 4.91 Å². The highest BCUT2D eigenvalue weighted by Crippen LogP contribution is 2.11. The van der Waals surface area contributed by atoms with Crippen LogP contribution in [-0.2, 0) is 4.79 Å². The number of carbonyl (C=O) groups excluding carboxylic acids is 2. The molecule has 15 heavy (non-hydrogen) atoms. The molecule has 0 saturated carbocycles. The summed E-state index contributed by atoms with van der Waals surface area (Å²) in [5.74, 6) is -2.31. The SMILES string of the molecule is O=NC(=O)C(=O)n1cc2cccnc2c1. The van der Waals surface area contributed by atoms with Crippen LogP contribution in [0.1, 0.15) is 4.79 Å². The van der Waals surface area contributed by atoms with Crippen molar-refractivity contribution in [2.24, 2.45) is 5.18 Å². The first-order valence-corrected chi connectivity index (χ1v) is 4.07. The molecule has 2 rings (SSSR count). The van der Waals surface area contributed by atoms with Crippen molar-refractivity contribution in [3.63, 3.8) is 0 Å². The van der Waals surface area contributed by atoms with Crippen LogP contribution in [0.5, 0.6) is 0 Å². The van der Waals surface area contributed by atoms with Gasteiger partial charge >= 0.3 is 11.8 Å². The van der Waals surface area contributed by atoms with Gasteiger partial charge in [0.2, 0.25) is 0 Å². The summed E-state index contributed by atoms with van der Waals surface area (Å²) in [4.78, 5) is 35.8. The molecule has 6 heteroatoms. The Balaban J connectivity index is 2.49. The van der Waals surface area contributed by atoms with Gasteiger partial charge in [0.05, 0.1) is 5.52 Å². The molecular formula is C9H5N3O3. The molecule has 0 spiro atoms. The molecule has 0 bridgehead atoms. The number of carbonyl (C=O) groups is 2. The van der Waals surface area contributed by atoms with Gasteiger partial charge in [-0.25, -0.2) is 0 Å². The first kappa shape index (κ1) is 9.20. The third-order valence-electron chi connectivity index (χ3n) is 1.91. The molecule has 0 aromatic carbocycles. The fourth-order valence-electron chi connectivity index (χ4n) is 1.23. The number of nitrogens with zero attached hydrogens (tertiary/aromatic N) is 3. The highest BCUT2D eigenvalue weighted by Gasteiger charge is 2.16. The van der Waals surface area contributed by atoms with Crippen LogP contribution < -0.4 is 0 Å². The molecule has 2 aromatic rings. The van der Waals surface area contributed by atoms with Gasteiger partial charge in [-0.3, -0.25) is 19.1 Å². The van der Waals surface area contributed by atoms with E-state index in [9.17, 15) is 14.5 Å². The van der Waals surface area contributed by atoms with Crippen molar-refractivity contribution in [2.75, 3.05) is 0 Å². The van der Waals surface area contributed by atoms with E-state index in [1.54, 1.807) is 18.3 Å². The summed E-state index contributed by atoms with van der Waals surface area (Å²) in [6, 6.07) is 3.45. The first-order chi connectivity index (χ1) is 7.22. The van der Waals surface area contributed by atoms with E-state index in [1.165, 1.54) is 12.4 Å². The van der Waals surface area contributed by atoms with Crippen molar-refractivity contribution in [1.29, 1.82) is 0 Å². The van der Waals surface area contributed by atoms with Gasteiger partial charge in [-0.05, 0) is 12.1 Å². The Kier molecular flexibility index (Phi) is 2.09. The minimum Gasteiger partial charge on any atom is -0.283 e. The number of fused-ring (bicyclic) bond motifs is 1. The van der Waals surface area contributed by atoms with Crippen molar-refractivity contribution in [1.82, 2.24) is 9.55 Å². The average molecular weight is 203 g/mol. The standard InChI is InChI=1S/C9H5N3O3/c13-8(11-15)9(14)12-4-6-2-1-3-10-7(6)5-12/h1-5H. The highest BCUT2D eigenvalue weighted by atomic mass is 16.3. The van der Waals surface area contributed by atoms with Gasteiger partial charge in [-0.15, -0.1) is 4.91 Å². The lowest BCUT2D eigenvalue weighted by Gasteiger charge is -1.91. The third kappa shape index (κ3) is 1.52. The third-order valence-corrected chi connectivity index (χ3v) is 1.91. The second-order valence-corrected chi connectivity index (χ2v) is 2.84. The summed E-state index contributed by atoms with van der Waals surface area (Å²) in [5.41, 5.74) is 0.574. The summed E-state index contributed by atoms with van der Waals surface area (Å²) in [6.07, 6.45) is 4.37. The molecule has 0 unspecified atom stereocenters. The quantitative estimate of drug-likeness (QED) is 0.471. The predicted molar refractivity (Wildman–Crippen MR) is 51.2 cm³/mol. The summed E-state index contributed by atoms with van der Waals surface area (Å²) >= 11 is 0. The Hall–Kier alpha value is -2.37. The van der Waals surface area contributed by atoms with E-state index < -0.39 is 11.8 Å². The van der Waals surface area contributed by atoms with Gasteiger partial charge in [0.1, 0.15) is 0 Å². The van der Waals surface area contributed by atoms with E-state index in [2.05, 4.69) is 10.2 Å². The largest absolute Gasteiger partial charge is 0.374 e. The Morgan fingerprint density at radius 1 is 1.33 bits per heavy atom. The van der Waals surface area contributed by atoms with Crippen LogP contribution in [0.3, 0.4) is 0 Å². The normalized spacial score (nSPS) is 10.1. The lowest BCUT2D eigenvalue weighted by molar-refractivity contribution is -0.114. The van der Waals surface area contributed by atoms with E-state index in [0.29, 0.717) is 10.9 Å². The molecule has 2 aromatic heterocycles. The van der Waals surface area contributed by atoms with Gasteiger partial charge in [0.25, 0.3) is 0 Å². The lowest BCUT2D eigenvalue weighted by atomic mass is 10.3. The fraction of sp³-hybridized carbons (Fsp3) is 0.